The van der Waals surface area contributed by atoms with Crippen molar-refractivity contribution in [2.45, 2.75) is 13.8 Å². The fourth-order valence-electron chi connectivity index (χ4n) is 1.93. The van der Waals surface area contributed by atoms with Crippen LogP contribution in [-0.2, 0) is 0 Å². The summed E-state index contributed by atoms with van der Waals surface area (Å²) < 4.78 is 0.766. The van der Waals surface area contributed by atoms with Gasteiger partial charge in [0.15, 0.2) is 0 Å². The van der Waals surface area contributed by atoms with Crippen molar-refractivity contribution in [2.24, 2.45) is 0 Å². The summed E-state index contributed by atoms with van der Waals surface area (Å²) in [7, 11) is 0. The number of hydrogen-bond donors (Lipinski definition) is 2. The van der Waals surface area contributed by atoms with Gasteiger partial charge in [0.25, 0.3) is 5.91 Å². The lowest BCUT2D eigenvalue weighted by atomic mass is 10.1. The lowest BCUT2D eigenvalue weighted by Crippen LogP contribution is -2.16. The predicted molar refractivity (Wildman–Crippen MR) is 82.8 cm³/mol. The Morgan fingerprint density at radius 2 is 1.86 bits per heavy atom. The normalized spacial score (nSPS) is 10.2. The van der Waals surface area contributed by atoms with Crippen molar-refractivity contribution in [1.29, 1.82) is 0 Å². The number of rotatable bonds is 3. The zero-order valence-electron chi connectivity index (χ0n) is 11.5. The Balaban J connectivity index is 2.30. The molecule has 5 nitrogen and oxygen atoms in total. The highest BCUT2D eigenvalue weighted by molar-refractivity contribution is 9.10. The van der Waals surface area contributed by atoms with E-state index in [1.54, 1.807) is 0 Å². The first-order chi connectivity index (χ1) is 9.88. The molecule has 2 N–H and O–H groups in total. The third-order valence-electron chi connectivity index (χ3n) is 2.87. The van der Waals surface area contributed by atoms with Gasteiger partial charge in [0.05, 0.1) is 5.69 Å². The summed E-state index contributed by atoms with van der Waals surface area (Å²) >= 11 is 3.41. The van der Waals surface area contributed by atoms with Gasteiger partial charge in [0.2, 0.25) is 0 Å². The molecule has 0 saturated heterocycles. The first kappa shape index (κ1) is 15.2. The number of carbonyl (C=O) groups excluding carboxylic acids is 1. The number of anilines is 1. The number of carboxylic acid groups (broad SMARTS) is 1. The van der Waals surface area contributed by atoms with Gasteiger partial charge >= 0.3 is 5.97 Å². The number of nitrogens with zero attached hydrogens (tertiary/aromatic N) is 1. The molecular formula is C15H13BrN2O3. The molecule has 2 rings (SSSR count). The molecule has 0 aliphatic carbocycles. The molecule has 1 heterocycles. The van der Waals surface area contributed by atoms with Gasteiger partial charge in [-0.2, -0.15) is 0 Å². The van der Waals surface area contributed by atoms with E-state index < -0.39 is 11.9 Å². The highest BCUT2D eigenvalue weighted by atomic mass is 79.9. The van der Waals surface area contributed by atoms with Gasteiger partial charge < -0.3 is 10.4 Å². The molecule has 0 radical (unpaired) electrons. The maximum Gasteiger partial charge on any atom is 0.354 e. The Morgan fingerprint density at radius 3 is 2.48 bits per heavy atom. The molecule has 2 aromatic rings. The Morgan fingerprint density at radius 1 is 1.19 bits per heavy atom. The SMILES string of the molecule is Cc1cc(C)c(NC(=O)c2cccc(C(=O)O)n2)c(Br)c1. The molecule has 0 aliphatic rings. The molecule has 0 saturated carbocycles. The monoisotopic (exact) mass is 348 g/mol. The van der Waals surface area contributed by atoms with E-state index in [9.17, 15) is 9.59 Å². The third-order valence-corrected chi connectivity index (χ3v) is 3.50. The molecule has 108 valence electrons. The van der Waals surface area contributed by atoms with Crippen molar-refractivity contribution in [3.8, 4) is 0 Å². The molecule has 0 atom stereocenters. The van der Waals surface area contributed by atoms with Gasteiger partial charge in [0, 0.05) is 4.47 Å². The topological polar surface area (TPSA) is 79.3 Å². The Hall–Kier alpha value is -2.21. The number of pyridine rings is 1. The Kier molecular flexibility index (Phi) is 4.37. The van der Waals surface area contributed by atoms with Crippen LogP contribution in [-0.4, -0.2) is 22.0 Å². The minimum atomic E-state index is -1.17. The van der Waals surface area contributed by atoms with E-state index in [-0.39, 0.29) is 11.4 Å². The molecular weight excluding hydrogens is 336 g/mol. The van der Waals surface area contributed by atoms with Crippen LogP contribution in [0.15, 0.2) is 34.8 Å². The second-order valence-corrected chi connectivity index (χ2v) is 5.46. The van der Waals surface area contributed by atoms with Gasteiger partial charge in [-0.05, 0) is 59.1 Å². The fraction of sp³-hybridized carbons (Fsp3) is 0.133. The second-order valence-electron chi connectivity index (χ2n) is 4.61. The molecule has 0 unspecified atom stereocenters. The summed E-state index contributed by atoms with van der Waals surface area (Å²) in [5, 5.41) is 11.6. The zero-order chi connectivity index (χ0) is 15.6. The smallest absolute Gasteiger partial charge is 0.354 e. The molecule has 0 fully saturated rings. The quantitative estimate of drug-likeness (QED) is 0.890. The summed E-state index contributed by atoms with van der Waals surface area (Å²) in [5.74, 6) is -1.62. The Labute approximate surface area is 130 Å². The van der Waals surface area contributed by atoms with Crippen LogP contribution in [0.3, 0.4) is 0 Å². The Bertz CT molecular complexity index is 706. The van der Waals surface area contributed by atoms with E-state index in [1.165, 1.54) is 18.2 Å². The number of hydrogen-bond acceptors (Lipinski definition) is 3. The lowest BCUT2D eigenvalue weighted by molar-refractivity contribution is 0.0690. The standard InChI is InChI=1S/C15H13BrN2O3/c1-8-6-9(2)13(10(16)7-8)18-14(19)11-4-3-5-12(17-11)15(20)21/h3-7H,1-2H3,(H,18,19)(H,20,21). The molecule has 0 bridgehead atoms. The summed E-state index contributed by atoms with van der Waals surface area (Å²) in [6.45, 7) is 3.84. The second kappa shape index (κ2) is 6.05. The average molecular weight is 349 g/mol. The van der Waals surface area contributed by atoms with Gasteiger partial charge in [-0.1, -0.05) is 12.1 Å². The van der Waals surface area contributed by atoms with Gasteiger partial charge in [0.1, 0.15) is 11.4 Å². The minimum absolute atomic E-state index is 0.0572. The van der Waals surface area contributed by atoms with Crippen LogP contribution in [0.1, 0.15) is 32.1 Å². The maximum absolute atomic E-state index is 12.2. The van der Waals surface area contributed by atoms with E-state index in [4.69, 9.17) is 5.11 Å². The summed E-state index contributed by atoms with van der Waals surface area (Å²) in [6, 6.07) is 8.14. The molecule has 0 aliphatic heterocycles. The predicted octanol–water partition coefficient (Wildman–Crippen LogP) is 3.41. The number of carboxylic acids is 1. The number of benzene rings is 1. The summed E-state index contributed by atoms with van der Waals surface area (Å²) in [5.41, 5.74) is 2.52. The number of carbonyl (C=O) groups is 2. The molecule has 6 heteroatoms. The number of aryl methyl sites for hydroxylation is 2. The molecule has 1 amide bonds. The van der Waals surface area contributed by atoms with Crippen molar-refractivity contribution >= 4 is 33.5 Å². The number of amides is 1. The van der Waals surface area contributed by atoms with Crippen LogP contribution in [0.5, 0.6) is 0 Å². The van der Waals surface area contributed by atoms with Crippen LogP contribution >= 0.6 is 15.9 Å². The van der Waals surface area contributed by atoms with Crippen molar-refractivity contribution < 1.29 is 14.7 Å². The number of aromatic carboxylic acids is 1. The van der Waals surface area contributed by atoms with Crippen LogP contribution in [0.2, 0.25) is 0 Å². The molecule has 1 aromatic heterocycles. The van der Waals surface area contributed by atoms with E-state index in [1.807, 2.05) is 26.0 Å². The fourth-order valence-corrected chi connectivity index (χ4v) is 2.70. The average Bonchev–Trinajstić information content (AvgIpc) is 2.42. The zero-order valence-corrected chi connectivity index (χ0v) is 13.1. The van der Waals surface area contributed by atoms with Crippen LogP contribution in [0.25, 0.3) is 0 Å². The van der Waals surface area contributed by atoms with Crippen LogP contribution in [0, 0.1) is 13.8 Å². The number of halogens is 1. The summed E-state index contributed by atoms with van der Waals surface area (Å²) in [4.78, 5) is 26.9. The molecule has 1 aromatic carbocycles. The van der Waals surface area contributed by atoms with E-state index in [0.29, 0.717) is 5.69 Å². The highest BCUT2D eigenvalue weighted by Crippen LogP contribution is 2.28. The van der Waals surface area contributed by atoms with E-state index >= 15 is 0 Å². The van der Waals surface area contributed by atoms with E-state index in [0.717, 1.165) is 15.6 Å². The molecule has 21 heavy (non-hydrogen) atoms. The van der Waals surface area contributed by atoms with Crippen molar-refractivity contribution in [3.63, 3.8) is 0 Å². The largest absolute Gasteiger partial charge is 0.477 e. The van der Waals surface area contributed by atoms with Gasteiger partial charge in [-0.15, -0.1) is 0 Å². The first-order valence-electron chi connectivity index (χ1n) is 6.17. The maximum atomic E-state index is 12.2. The highest BCUT2D eigenvalue weighted by Gasteiger charge is 2.14. The van der Waals surface area contributed by atoms with Crippen molar-refractivity contribution in [3.05, 3.63) is 57.3 Å². The third kappa shape index (κ3) is 3.46. The minimum Gasteiger partial charge on any atom is -0.477 e. The lowest BCUT2D eigenvalue weighted by Gasteiger charge is -2.11. The molecule has 0 spiro atoms. The number of aromatic nitrogens is 1. The van der Waals surface area contributed by atoms with Crippen LogP contribution in [0.4, 0.5) is 5.69 Å². The van der Waals surface area contributed by atoms with Gasteiger partial charge in [-0.3, -0.25) is 4.79 Å². The first-order valence-corrected chi connectivity index (χ1v) is 6.96. The summed E-state index contributed by atoms with van der Waals surface area (Å²) in [6.07, 6.45) is 0. The van der Waals surface area contributed by atoms with Crippen LogP contribution < -0.4 is 5.32 Å². The van der Waals surface area contributed by atoms with Crippen molar-refractivity contribution in [2.75, 3.05) is 5.32 Å². The van der Waals surface area contributed by atoms with Gasteiger partial charge in [-0.25, -0.2) is 9.78 Å². The van der Waals surface area contributed by atoms with Crippen molar-refractivity contribution in [1.82, 2.24) is 4.98 Å². The number of nitrogens with one attached hydrogen (secondary N) is 1. The van der Waals surface area contributed by atoms with E-state index in [2.05, 4.69) is 26.2 Å².